The molecule has 59 heavy (non-hydrogen) atoms. The second-order valence-corrected chi connectivity index (χ2v) is 16.1. The van der Waals surface area contributed by atoms with Gasteiger partial charge in [-0.15, -0.1) is 0 Å². The Hall–Kier alpha value is -5.64. The molecule has 3 aliphatic rings. The number of rotatable bonds is 7. The molecule has 0 aromatic heterocycles. The van der Waals surface area contributed by atoms with Crippen molar-refractivity contribution in [1.29, 1.82) is 0 Å². The molecule has 7 atom stereocenters. The maximum atomic E-state index is 14.0. The highest BCUT2D eigenvalue weighted by Crippen LogP contribution is 2.22. The molecule has 3 heterocycles. The molecule has 2 aromatic rings. The number of hydrogen-bond donors (Lipinski definition) is 6. The minimum Gasteiger partial charge on any atom is -0.394 e. The number of aliphatic hydroxyl groups excluding tert-OH is 1. The third kappa shape index (κ3) is 12.0. The summed E-state index contributed by atoms with van der Waals surface area (Å²) in [5.74, 6) is -5.82. The van der Waals surface area contributed by atoms with Gasteiger partial charge >= 0.3 is 0 Å². The van der Waals surface area contributed by atoms with Gasteiger partial charge in [0, 0.05) is 31.8 Å². The van der Waals surface area contributed by atoms with E-state index < -0.39 is 109 Å². The van der Waals surface area contributed by atoms with Gasteiger partial charge in [-0.1, -0.05) is 74.5 Å². The number of carbonyl (C=O) groups is 8. The topological polar surface area (TPSA) is 223 Å². The van der Waals surface area contributed by atoms with Gasteiger partial charge in [-0.05, 0) is 62.5 Å². The maximum Gasteiger partial charge on any atom is 0.245 e. The van der Waals surface area contributed by atoms with Crippen LogP contribution in [-0.4, -0.2) is 125 Å². The van der Waals surface area contributed by atoms with Gasteiger partial charge in [-0.25, -0.2) is 0 Å². The number of amides is 7. The van der Waals surface area contributed by atoms with Crippen molar-refractivity contribution < 1.29 is 43.5 Å². The van der Waals surface area contributed by atoms with Crippen molar-refractivity contribution in [1.82, 2.24) is 36.4 Å². The van der Waals surface area contributed by atoms with Crippen LogP contribution in [0.5, 0.6) is 0 Å². The summed E-state index contributed by atoms with van der Waals surface area (Å²) in [4.78, 5) is 113. The van der Waals surface area contributed by atoms with E-state index in [0.29, 0.717) is 31.2 Å². The van der Waals surface area contributed by atoms with Crippen LogP contribution >= 0.6 is 0 Å². The van der Waals surface area contributed by atoms with E-state index >= 15 is 0 Å². The molecule has 3 saturated heterocycles. The first-order chi connectivity index (χ1) is 28.2. The second kappa shape index (κ2) is 20.9. The molecule has 0 bridgehead atoms. The van der Waals surface area contributed by atoms with Gasteiger partial charge in [0.15, 0.2) is 5.78 Å². The molecule has 318 valence electrons. The van der Waals surface area contributed by atoms with Crippen LogP contribution in [0.15, 0.2) is 60.7 Å². The summed E-state index contributed by atoms with van der Waals surface area (Å²) in [7, 11) is 0. The maximum absolute atomic E-state index is 14.0. The number of Topliss-reactive ketones (excluding diaryl/α,β-unsaturated/α-hetero) is 1. The van der Waals surface area contributed by atoms with Crippen LogP contribution in [0, 0.1) is 11.8 Å². The van der Waals surface area contributed by atoms with Crippen LogP contribution in [0.1, 0.15) is 70.4 Å². The van der Waals surface area contributed by atoms with Gasteiger partial charge in [-0.3, -0.25) is 38.4 Å². The third-order valence-corrected chi connectivity index (χ3v) is 11.1. The second-order valence-electron chi connectivity index (χ2n) is 16.1. The molecule has 3 aliphatic heterocycles. The zero-order valence-electron chi connectivity index (χ0n) is 34.0. The zero-order valence-corrected chi connectivity index (χ0v) is 34.0. The van der Waals surface area contributed by atoms with E-state index in [1.807, 2.05) is 13.8 Å². The quantitative estimate of drug-likeness (QED) is 0.224. The molecule has 0 unspecified atom stereocenters. The number of nitrogens with zero attached hydrogens (tertiary/aromatic N) is 2. The summed E-state index contributed by atoms with van der Waals surface area (Å²) in [6.45, 7) is 4.49. The lowest BCUT2D eigenvalue weighted by atomic mass is 9.91. The fourth-order valence-corrected chi connectivity index (χ4v) is 8.01. The van der Waals surface area contributed by atoms with E-state index in [-0.39, 0.29) is 38.3 Å². The van der Waals surface area contributed by atoms with E-state index in [0.717, 1.165) is 5.56 Å². The lowest BCUT2D eigenvalue weighted by Crippen LogP contribution is -2.59. The van der Waals surface area contributed by atoms with Gasteiger partial charge in [0.25, 0.3) is 0 Å². The molecule has 16 nitrogen and oxygen atoms in total. The first-order valence-electron chi connectivity index (χ1n) is 20.6. The van der Waals surface area contributed by atoms with Crippen LogP contribution in [0.4, 0.5) is 0 Å². The third-order valence-electron chi connectivity index (χ3n) is 11.1. The fraction of sp³-hybridized carbons (Fsp3) is 0.535. The summed E-state index contributed by atoms with van der Waals surface area (Å²) < 4.78 is 0. The highest BCUT2D eigenvalue weighted by atomic mass is 16.3. The van der Waals surface area contributed by atoms with Crippen molar-refractivity contribution in [3.63, 3.8) is 0 Å². The summed E-state index contributed by atoms with van der Waals surface area (Å²) >= 11 is 0. The summed E-state index contributed by atoms with van der Waals surface area (Å²) in [5.41, 5.74) is 1.43. The van der Waals surface area contributed by atoms with Crippen LogP contribution in [-0.2, 0) is 51.2 Å². The predicted octanol–water partition coefficient (Wildman–Crippen LogP) is 0.157. The average molecular weight is 816 g/mol. The first kappa shape index (κ1) is 44.5. The number of benzene rings is 2. The van der Waals surface area contributed by atoms with Crippen molar-refractivity contribution in [3.8, 4) is 0 Å². The Morgan fingerprint density at radius 3 is 1.76 bits per heavy atom. The summed E-state index contributed by atoms with van der Waals surface area (Å²) in [5, 5.41) is 23.9. The van der Waals surface area contributed by atoms with Crippen molar-refractivity contribution in [2.45, 2.75) is 108 Å². The normalized spacial score (nSPS) is 27.2. The average Bonchev–Trinajstić information content (AvgIpc) is 3.92. The van der Waals surface area contributed by atoms with Gasteiger partial charge in [0.05, 0.1) is 13.2 Å². The molecule has 0 aliphatic carbocycles. The van der Waals surface area contributed by atoms with E-state index in [4.69, 9.17) is 0 Å². The monoisotopic (exact) mass is 815 g/mol. The van der Waals surface area contributed by atoms with E-state index in [1.54, 1.807) is 60.7 Å². The number of carbonyl (C=O) groups excluding carboxylic acids is 8. The molecule has 0 radical (unpaired) electrons. The number of hydrogen-bond acceptors (Lipinski definition) is 9. The fourth-order valence-electron chi connectivity index (χ4n) is 8.01. The minimum atomic E-state index is -1.44. The van der Waals surface area contributed by atoms with E-state index in [1.165, 1.54) is 16.7 Å². The highest BCUT2D eigenvalue weighted by Gasteiger charge is 2.40. The number of fused-ring (bicyclic) bond motifs is 2. The molecule has 7 amide bonds. The van der Waals surface area contributed by atoms with Crippen molar-refractivity contribution in [3.05, 3.63) is 71.8 Å². The lowest BCUT2D eigenvalue weighted by molar-refractivity contribution is -0.142. The van der Waals surface area contributed by atoms with Gasteiger partial charge in [0.2, 0.25) is 41.4 Å². The molecule has 0 saturated carbocycles. The lowest BCUT2D eigenvalue weighted by Gasteiger charge is -2.30. The van der Waals surface area contributed by atoms with E-state index in [9.17, 15) is 43.5 Å². The van der Waals surface area contributed by atoms with Gasteiger partial charge in [-0.2, -0.15) is 0 Å². The van der Waals surface area contributed by atoms with Crippen molar-refractivity contribution >= 4 is 47.1 Å². The Morgan fingerprint density at radius 2 is 1.17 bits per heavy atom. The van der Waals surface area contributed by atoms with Crippen molar-refractivity contribution in [2.75, 3.05) is 26.2 Å². The SMILES string of the molecule is CC(C)C[C@@H]1NC(=O)[C@@H]2CCCN2C(=O)CNC(=O)[C@H](Cc2ccccc2)CC(=O)[C@@H](CO)NC(=O)[C@H](Cc2ccccc2)NC(=O)[C@H]2CCCN2C(=O)[C@@H](C)NC1=O. The smallest absolute Gasteiger partial charge is 0.245 e. The Balaban J connectivity index is 1.46. The van der Waals surface area contributed by atoms with Crippen LogP contribution < -0.4 is 26.6 Å². The Bertz CT molecular complexity index is 1840. The largest absolute Gasteiger partial charge is 0.394 e. The molecule has 6 N–H and O–H groups in total. The van der Waals surface area contributed by atoms with E-state index in [2.05, 4.69) is 26.6 Å². The molecule has 2 aromatic carbocycles. The molecule has 3 fully saturated rings. The molecular formula is C43H57N7O9. The molecular weight excluding hydrogens is 759 g/mol. The predicted molar refractivity (Wildman–Crippen MR) is 216 cm³/mol. The number of aliphatic hydroxyl groups is 1. The first-order valence-corrected chi connectivity index (χ1v) is 20.6. The zero-order chi connectivity index (χ0) is 42.6. The highest BCUT2D eigenvalue weighted by molar-refractivity contribution is 5.98. The minimum absolute atomic E-state index is 0.0196. The molecule has 0 spiro atoms. The Morgan fingerprint density at radius 1 is 0.644 bits per heavy atom. The van der Waals surface area contributed by atoms with Gasteiger partial charge < -0.3 is 41.5 Å². The van der Waals surface area contributed by atoms with Crippen molar-refractivity contribution in [2.24, 2.45) is 11.8 Å². The molecule has 5 rings (SSSR count). The number of nitrogens with one attached hydrogen (secondary N) is 5. The molecule has 16 heteroatoms. The standard InChI is InChI=1S/C43H57N7O9/c1-26(2)20-31-39(55)45-27(3)43(59)50-19-11-17-35(50)42(58)47-32(22-29-14-8-5-9-15-29)40(56)48-33(25-51)36(52)23-30(21-28-12-6-4-7-13-28)38(54)44-24-37(53)49-18-10-16-34(49)41(57)46-31/h4-9,12-15,26-27,30-35,51H,10-11,16-25H2,1-3H3,(H,44,54)(H,45,55)(H,46,57)(H,47,58)(H,48,56)/t27-,30-,31+,32+,33-,34+,35-/m1/s1. The number of ketones is 1. The summed E-state index contributed by atoms with van der Waals surface area (Å²) in [6, 6.07) is 11.2. The Labute approximate surface area is 344 Å². The van der Waals surface area contributed by atoms with Crippen LogP contribution in [0.2, 0.25) is 0 Å². The summed E-state index contributed by atoms with van der Waals surface area (Å²) in [6.07, 6.45) is 1.60. The van der Waals surface area contributed by atoms with Crippen LogP contribution in [0.25, 0.3) is 0 Å². The van der Waals surface area contributed by atoms with Crippen LogP contribution in [0.3, 0.4) is 0 Å². The Kier molecular flexibility index (Phi) is 15.7. The van der Waals surface area contributed by atoms with Gasteiger partial charge in [0.1, 0.15) is 36.3 Å².